The van der Waals surface area contributed by atoms with E-state index in [1.54, 1.807) is 7.11 Å². The Bertz CT molecular complexity index is 915. The molecule has 0 spiro atoms. The van der Waals surface area contributed by atoms with Crippen LogP contribution >= 0.6 is 12.2 Å². The summed E-state index contributed by atoms with van der Waals surface area (Å²) in [4.78, 5) is 2.22. The zero-order chi connectivity index (χ0) is 19.4. The lowest BCUT2D eigenvalue weighted by atomic mass is 10.1. The third-order valence-electron chi connectivity index (χ3n) is 4.78. The number of ether oxygens (including phenoxy) is 1. The zero-order valence-corrected chi connectivity index (χ0v) is 17.2. The average molecular weight is 382 g/mol. The predicted octanol–water partition coefficient (Wildman–Crippen LogP) is 5.28. The fraction of sp³-hybridized carbons (Fsp3) is 0.318. The molecule has 4 nitrogen and oxygen atoms in total. The number of hydrogen-bond donors (Lipinski definition) is 1. The van der Waals surface area contributed by atoms with Crippen molar-refractivity contribution in [2.75, 3.05) is 12.4 Å². The van der Waals surface area contributed by atoms with Crippen LogP contribution in [0.2, 0.25) is 0 Å². The van der Waals surface area contributed by atoms with E-state index in [1.807, 2.05) is 24.3 Å². The number of nitrogens with zero attached hydrogens (tertiary/aromatic N) is 2. The second-order valence-electron chi connectivity index (χ2n) is 6.84. The molecular formula is C22H27N3OS. The van der Waals surface area contributed by atoms with Crippen LogP contribution in [0.4, 0.5) is 5.69 Å². The minimum atomic E-state index is 0.284. The summed E-state index contributed by atoms with van der Waals surface area (Å²) in [7, 11) is 1.67. The Morgan fingerprint density at radius 1 is 1.15 bits per heavy atom. The summed E-state index contributed by atoms with van der Waals surface area (Å²) in [6, 6.07) is 16.7. The Balaban J connectivity index is 1.82. The molecule has 1 aromatic heterocycles. The number of para-hydroxylation sites is 1. The Morgan fingerprint density at radius 3 is 2.48 bits per heavy atom. The van der Waals surface area contributed by atoms with Crippen LogP contribution in [0.15, 0.2) is 54.7 Å². The Kier molecular flexibility index (Phi) is 6.01. The number of fused-ring (bicyclic) bond motifs is 1. The largest absolute Gasteiger partial charge is 0.497 e. The molecule has 0 fully saturated rings. The molecule has 1 heterocycles. The van der Waals surface area contributed by atoms with E-state index >= 15 is 0 Å². The molecule has 0 aliphatic heterocycles. The van der Waals surface area contributed by atoms with Crippen molar-refractivity contribution in [3.8, 4) is 5.75 Å². The van der Waals surface area contributed by atoms with Crippen LogP contribution in [0.25, 0.3) is 10.9 Å². The number of aromatic nitrogens is 1. The lowest BCUT2D eigenvalue weighted by Gasteiger charge is -2.29. The van der Waals surface area contributed by atoms with Crippen molar-refractivity contribution in [2.45, 2.75) is 39.9 Å². The molecule has 2 aromatic carbocycles. The minimum Gasteiger partial charge on any atom is -0.497 e. The highest BCUT2D eigenvalue weighted by Crippen LogP contribution is 2.24. The first-order chi connectivity index (χ1) is 13.0. The number of hydrogen-bond acceptors (Lipinski definition) is 2. The summed E-state index contributed by atoms with van der Waals surface area (Å²) in [5, 5.41) is 5.37. The first-order valence-corrected chi connectivity index (χ1v) is 9.72. The normalized spacial score (nSPS) is 11.0. The summed E-state index contributed by atoms with van der Waals surface area (Å²) < 4.78 is 7.51. The van der Waals surface area contributed by atoms with Crippen molar-refractivity contribution in [3.63, 3.8) is 0 Å². The third-order valence-corrected chi connectivity index (χ3v) is 5.11. The molecule has 0 aliphatic rings. The average Bonchev–Trinajstić information content (AvgIpc) is 3.04. The highest BCUT2D eigenvalue weighted by molar-refractivity contribution is 7.80. The van der Waals surface area contributed by atoms with Crippen molar-refractivity contribution in [1.82, 2.24) is 9.47 Å². The minimum absolute atomic E-state index is 0.284. The lowest BCUT2D eigenvalue weighted by Crippen LogP contribution is -2.39. The highest BCUT2D eigenvalue weighted by atomic mass is 32.1. The van der Waals surface area contributed by atoms with Gasteiger partial charge in [-0.25, -0.2) is 0 Å². The number of aryl methyl sites for hydroxylation is 1. The zero-order valence-electron chi connectivity index (χ0n) is 16.4. The molecule has 0 saturated heterocycles. The van der Waals surface area contributed by atoms with E-state index in [9.17, 15) is 0 Å². The van der Waals surface area contributed by atoms with Gasteiger partial charge in [-0.05, 0) is 68.9 Å². The Morgan fingerprint density at radius 2 is 1.85 bits per heavy atom. The topological polar surface area (TPSA) is 29.4 Å². The van der Waals surface area contributed by atoms with Gasteiger partial charge in [-0.1, -0.05) is 18.2 Å². The highest BCUT2D eigenvalue weighted by Gasteiger charge is 2.17. The third kappa shape index (κ3) is 4.25. The molecule has 0 amide bonds. The summed E-state index contributed by atoms with van der Waals surface area (Å²) in [6.07, 6.45) is 2.25. The SMILES string of the molecule is CCn1cc(CN(C(=S)Nc2ccc(OC)cc2)C(C)C)c2ccccc21. The van der Waals surface area contributed by atoms with Gasteiger partial charge in [0.15, 0.2) is 5.11 Å². The Hall–Kier alpha value is -2.53. The van der Waals surface area contributed by atoms with Crippen LogP contribution in [0.3, 0.4) is 0 Å². The molecule has 27 heavy (non-hydrogen) atoms. The van der Waals surface area contributed by atoms with Crippen LogP contribution in [0.1, 0.15) is 26.3 Å². The fourth-order valence-corrected chi connectivity index (χ4v) is 3.65. The first kappa shape index (κ1) is 19.2. The summed E-state index contributed by atoms with van der Waals surface area (Å²) in [6.45, 7) is 8.23. The number of methoxy groups -OCH3 is 1. The van der Waals surface area contributed by atoms with Gasteiger partial charge in [-0.3, -0.25) is 0 Å². The molecule has 5 heteroatoms. The van der Waals surface area contributed by atoms with Crippen LogP contribution in [-0.4, -0.2) is 27.7 Å². The van der Waals surface area contributed by atoms with Gasteiger partial charge >= 0.3 is 0 Å². The van der Waals surface area contributed by atoms with E-state index in [4.69, 9.17) is 17.0 Å². The van der Waals surface area contributed by atoms with Gasteiger partial charge in [-0.2, -0.15) is 0 Å². The molecule has 0 radical (unpaired) electrons. The van der Waals surface area contributed by atoms with Crippen LogP contribution in [0.5, 0.6) is 5.75 Å². The van der Waals surface area contributed by atoms with Crippen molar-refractivity contribution in [3.05, 3.63) is 60.3 Å². The number of rotatable bonds is 6. The van der Waals surface area contributed by atoms with Gasteiger partial charge in [-0.15, -0.1) is 0 Å². The van der Waals surface area contributed by atoms with E-state index in [1.165, 1.54) is 16.5 Å². The standard InChI is InChI=1S/C22H27N3OS/c1-5-24-14-17(20-8-6-7-9-21(20)24)15-25(16(2)3)22(27)23-18-10-12-19(26-4)13-11-18/h6-14,16H,5,15H2,1-4H3,(H,23,27). The summed E-state index contributed by atoms with van der Waals surface area (Å²) >= 11 is 5.73. The molecule has 0 unspecified atom stereocenters. The molecule has 1 N–H and O–H groups in total. The predicted molar refractivity (Wildman–Crippen MR) is 118 cm³/mol. The molecular weight excluding hydrogens is 354 g/mol. The second kappa shape index (κ2) is 8.44. The van der Waals surface area contributed by atoms with E-state index in [0.717, 1.165) is 29.6 Å². The monoisotopic (exact) mass is 381 g/mol. The van der Waals surface area contributed by atoms with Gasteiger partial charge in [0.2, 0.25) is 0 Å². The molecule has 3 rings (SSSR count). The van der Waals surface area contributed by atoms with Gasteiger partial charge in [0.1, 0.15) is 5.75 Å². The van der Waals surface area contributed by atoms with Gasteiger partial charge in [0.05, 0.1) is 7.11 Å². The van der Waals surface area contributed by atoms with Gasteiger partial charge in [0.25, 0.3) is 0 Å². The maximum Gasteiger partial charge on any atom is 0.173 e. The first-order valence-electron chi connectivity index (χ1n) is 9.32. The smallest absolute Gasteiger partial charge is 0.173 e. The molecule has 142 valence electrons. The molecule has 0 bridgehead atoms. The Labute approximate surface area is 166 Å². The molecule has 0 atom stereocenters. The number of nitrogens with one attached hydrogen (secondary N) is 1. The number of thiocarbonyl (C=S) groups is 1. The van der Waals surface area contributed by atoms with Crippen LogP contribution in [-0.2, 0) is 13.1 Å². The van der Waals surface area contributed by atoms with Crippen molar-refractivity contribution < 1.29 is 4.74 Å². The van der Waals surface area contributed by atoms with E-state index < -0.39 is 0 Å². The lowest BCUT2D eigenvalue weighted by molar-refractivity contribution is 0.349. The van der Waals surface area contributed by atoms with E-state index in [-0.39, 0.29) is 6.04 Å². The number of benzene rings is 2. The van der Waals surface area contributed by atoms with Crippen molar-refractivity contribution >= 4 is 33.9 Å². The second-order valence-corrected chi connectivity index (χ2v) is 7.22. The molecule has 0 saturated carbocycles. The van der Waals surface area contributed by atoms with Crippen LogP contribution < -0.4 is 10.1 Å². The number of anilines is 1. The maximum absolute atomic E-state index is 5.73. The van der Waals surface area contributed by atoms with Crippen LogP contribution in [0, 0.1) is 0 Å². The fourth-order valence-electron chi connectivity index (χ4n) is 3.25. The van der Waals surface area contributed by atoms with Crippen molar-refractivity contribution in [2.24, 2.45) is 0 Å². The van der Waals surface area contributed by atoms with E-state index in [2.05, 4.69) is 66.0 Å². The molecule has 3 aromatic rings. The quantitative estimate of drug-likeness (QED) is 0.589. The van der Waals surface area contributed by atoms with Gasteiger partial charge < -0.3 is 19.5 Å². The maximum atomic E-state index is 5.73. The summed E-state index contributed by atoms with van der Waals surface area (Å²) in [5.74, 6) is 0.833. The molecule has 0 aliphatic carbocycles. The van der Waals surface area contributed by atoms with Crippen molar-refractivity contribution in [1.29, 1.82) is 0 Å². The van der Waals surface area contributed by atoms with Gasteiger partial charge in [0, 0.05) is 41.9 Å². The summed E-state index contributed by atoms with van der Waals surface area (Å²) in [5.41, 5.74) is 3.52. The van der Waals surface area contributed by atoms with E-state index in [0.29, 0.717) is 0 Å².